The third-order valence-electron chi connectivity index (χ3n) is 6.01. The second-order valence-corrected chi connectivity index (χ2v) is 8.98. The number of aliphatic hydroxyl groups is 1. The summed E-state index contributed by atoms with van der Waals surface area (Å²) in [5.74, 6) is -1.94. The molecule has 0 aromatic heterocycles. The molecule has 32 heavy (non-hydrogen) atoms. The molecule has 0 saturated heterocycles. The van der Waals surface area contributed by atoms with Gasteiger partial charge in [0.15, 0.2) is 5.60 Å². The minimum atomic E-state index is -1.67. The summed E-state index contributed by atoms with van der Waals surface area (Å²) in [5.41, 5.74) is -0.978. The zero-order valence-electron chi connectivity index (χ0n) is 18.6. The molecule has 1 aliphatic rings. The number of likely N-dealkylation sites (N-methyl/N-ethyl adjacent to an activating group) is 1. The molecule has 0 aliphatic heterocycles. The van der Waals surface area contributed by atoms with Gasteiger partial charge < -0.3 is 14.6 Å². The van der Waals surface area contributed by atoms with E-state index < -0.39 is 23.4 Å². The summed E-state index contributed by atoms with van der Waals surface area (Å²) in [4.78, 5) is 25.2. The highest BCUT2D eigenvalue weighted by Gasteiger charge is 2.47. The average Bonchev–Trinajstić information content (AvgIpc) is 3.33. The highest BCUT2D eigenvalue weighted by Crippen LogP contribution is 2.41. The number of rotatable bonds is 9. The van der Waals surface area contributed by atoms with Crippen LogP contribution in [0.15, 0.2) is 54.6 Å². The van der Waals surface area contributed by atoms with Gasteiger partial charge in [0.05, 0.1) is 19.7 Å². The lowest BCUT2D eigenvalue weighted by atomic mass is 9.80. The Bertz CT molecular complexity index is 927. The number of nitrogens with zero attached hydrogens (tertiary/aromatic N) is 1. The third kappa shape index (κ3) is 5.72. The van der Waals surface area contributed by atoms with Crippen LogP contribution in [-0.2, 0) is 19.9 Å². The van der Waals surface area contributed by atoms with Crippen LogP contribution in [0, 0.1) is 11.7 Å². The zero-order chi connectivity index (χ0) is 23.2. The minimum Gasteiger partial charge on any atom is -0.457 e. The highest BCUT2D eigenvalue weighted by atomic mass is 19.1. The smallest absolute Gasteiger partial charge is 0.343 e. The van der Waals surface area contributed by atoms with Crippen molar-refractivity contribution in [1.29, 1.82) is 0 Å². The molecule has 0 spiro atoms. The first kappa shape index (κ1) is 23.9. The van der Waals surface area contributed by atoms with Crippen molar-refractivity contribution in [1.82, 2.24) is 0 Å². The Labute approximate surface area is 188 Å². The fourth-order valence-corrected chi connectivity index (χ4v) is 4.05. The van der Waals surface area contributed by atoms with E-state index in [1.165, 1.54) is 18.2 Å². The van der Waals surface area contributed by atoms with Crippen LogP contribution in [0.4, 0.5) is 4.39 Å². The van der Waals surface area contributed by atoms with Gasteiger partial charge in [0.1, 0.15) is 19.0 Å². The van der Waals surface area contributed by atoms with Crippen molar-refractivity contribution in [2.24, 2.45) is 5.92 Å². The van der Waals surface area contributed by atoms with Gasteiger partial charge in [-0.25, -0.2) is 14.0 Å². The monoisotopic (exact) mass is 444 g/mol. The Morgan fingerprint density at radius 2 is 1.75 bits per heavy atom. The molecule has 6 nitrogen and oxygen atoms in total. The Morgan fingerprint density at radius 3 is 2.41 bits per heavy atom. The van der Waals surface area contributed by atoms with Crippen LogP contribution in [0.25, 0.3) is 0 Å². The average molecular weight is 445 g/mol. The van der Waals surface area contributed by atoms with Crippen molar-refractivity contribution < 1.29 is 33.0 Å². The van der Waals surface area contributed by atoms with Crippen molar-refractivity contribution in [3.8, 4) is 0 Å². The molecule has 1 fully saturated rings. The van der Waals surface area contributed by atoms with E-state index in [0.717, 1.165) is 31.7 Å². The van der Waals surface area contributed by atoms with Gasteiger partial charge in [-0.2, -0.15) is 0 Å². The van der Waals surface area contributed by atoms with Crippen LogP contribution >= 0.6 is 0 Å². The van der Waals surface area contributed by atoms with Crippen molar-refractivity contribution in [2.75, 3.05) is 34.0 Å². The Kier molecular flexibility index (Phi) is 7.64. The van der Waals surface area contributed by atoms with E-state index in [9.17, 15) is 19.1 Å². The quantitative estimate of drug-likeness (QED) is 0.363. The molecule has 0 bridgehead atoms. The third-order valence-corrected chi connectivity index (χ3v) is 6.01. The topological polar surface area (TPSA) is 72.8 Å². The van der Waals surface area contributed by atoms with E-state index in [1.54, 1.807) is 24.3 Å². The van der Waals surface area contributed by atoms with Crippen LogP contribution in [0.2, 0.25) is 0 Å². The first-order chi connectivity index (χ1) is 15.2. The van der Waals surface area contributed by atoms with Crippen molar-refractivity contribution in [2.45, 2.75) is 31.3 Å². The molecule has 1 saturated carbocycles. The number of carbonyl (C=O) groups is 2. The van der Waals surface area contributed by atoms with Gasteiger partial charge in [0, 0.05) is 5.92 Å². The van der Waals surface area contributed by atoms with Gasteiger partial charge in [0.25, 0.3) is 0 Å². The summed E-state index contributed by atoms with van der Waals surface area (Å²) in [6, 6.07) is 14.3. The normalized spacial score (nSPS) is 16.4. The van der Waals surface area contributed by atoms with Crippen LogP contribution in [0.1, 0.15) is 41.6 Å². The van der Waals surface area contributed by atoms with E-state index in [0.29, 0.717) is 12.1 Å². The highest BCUT2D eigenvalue weighted by molar-refractivity contribution is 5.89. The van der Waals surface area contributed by atoms with Crippen molar-refractivity contribution >= 4 is 11.9 Å². The standard InChI is InChI=1S/C25H31FNO5/c1-27(2,18-32-23(28)19-9-8-14-22(26)17-19)15-16-31-24(29)25(30,21-12-6-7-13-21)20-10-4-3-5-11-20/h3-5,8-11,14,17,21,30H,6-7,12-13,15-16,18H2,1-2H3/q+1/t25-/m0/s1. The van der Waals surface area contributed by atoms with E-state index in [4.69, 9.17) is 9.47 Å². The maximum absolute atomic E-state index is 13.3. The molecular weight excluding hydrogens is 413 g/mol. The first-order valence-corrected chi connectivity index (χ1v) is 10.9. The molecule has 2 aromatic rings. The maximum Gasteiger partial charge on any atom is 0.343 e. The number of benzene rings is 2. The summed E-state index contributed by atoms with van der Waals surface area (Å²) in [6.45, 7) is 0.460. The number of halogens is 1. The number of ether oxygens (including phenoxy) is 2. The molecule has 7 heteroatoms. The van der Waals surface area contributed by atoms with Gasteiger partial charge in [-0.15, -0.1) is 0 Å². The molecule has 2 aromatic carbocycles. The molecule has 1 atom stereocenters. The molecule has 0 amide bonds. The summed E-state index contributed by atoms with van der Waals surface area (Å²) >= 11 is 0. The predicted molar refractivity (Wildman–Crippen MR) is 117 cm³/mol. The number of carbonyl (C=O) groups excluding carboxylic acids is 2. The number of quaternary nitrogens is 1. The Morgan fingerprint density at radius 1 is 1.06 bits per heavy atom. The summed E-state index contributed by atoms with van der Waals surface area (Å²) in [6.07, 6.45) is 3.51. The first-order valence-electron chi connectivity index (χ1n) is 10.9. The van der Waals surface area contributed by atoms with Crippen LogP contribution in [-0.4, -0.2) is 55.5 Å². The van der Waals surface area contributed by atoms with Gasteiger partial charge in [-0.1, -0.05) is 49.2 Å². The number of esters is 2. The summed E-state index contributed by atoms with van der Waals surface area (Å²) < 4.78 is 24.4. The largest absolute Gasteiger partial charge is 0.457 e. The molecule has 172 valence electrons. The maximum atomic E-state index is 13.3. The van der Waals surface area contributed by atoms with Gasteiger partial charge in [0.2, 0.25) is 6.73 Å². The van der Waals surface area contributed by atoms with E-state index in [2.05, 4.69) is 0 Å². The van der Waals surface area contributed by atoms with Gasteiger partial charge >= 0.3 is 11.9 Å². The summed E-state index contributed by atoms with van der Waals surface area (Å²) in [5, 5.41) is 11.4. The van der Waals surface area contributed by atoms with Crippen LogP contribution in [0.3, 0.4) is 0 Å². The van der Waals surface area contributed by atoms with Crippen LogP contribution in [0.5, 0.6) is 0 Å². The fraction of sp³-hybridized carbons (Fsp3) is 0.440. The van der Waals surface area contributed by atoms with E-state index in [1.807, 2.05) is 20.2 Å². The lowest BCUT2D eigenvalue weighted by Gasteiger charge is -2.33. The van der Waals surface area contributed by atoms with Crippen LogP contribution < -0.4 is 0 Å². The molecule has 0 heterocycles. The lowest BCUT2D eigenvalue weighted by molar-refractivity contribution is -0.907. The molecule has 3 rings (SSSR count). The Hall–Kier alpha value is -2.77. The zero-order valence-corrected chi connectivity index (χ0v) is 18.6. The summed E-state index contributed by atoms with van der Waals surface area (Å²) in [7, 11) is 3.65. The fourth-order valence-electron chi connectivity index (χ4n) is 4.05. The second kappa shape index (κ2) is 10.2. The van der Waals surface area contributed by atoms with Crippen molar-refractivity contribution in [3.63, 3.8) is 0 Å². The SMILES string of the molecule is C[N+](C)(CCOC(=O)[C@](O)(c1ccccc1)C1CCCC1)COC(=O)c1cccc(F)c1. The minimum absolute atomic E-state index is 0.0263. The van der Waals surface area contributed by atoms with E-state index >= 15 is 0 Å². The molecule has 0 unspecified atom stereocenters. The van der Waals surface area contributed by atoms with Gasteiger partial charge in [-0.3, -0.25) is 4.48 Å². The number of hydrogen-bond acceptors (Lipinski definition) is 5. The Balaban J connectivity index is 1.56. The van der Waals surface area contributed by atoms with Crippen molar-refractivity contribution in [3.05, 3.63) is 71.5 Å². The van der Waals surface area contributed by atoms with Gasteiger partial charge in [-0.05, 0) is 36.6 Å². The molecule has 1 aliphatic carbocycles. The number of hydrogen-bond donors (Lipinski definition) is 1. The molecule has 0 radical (unpaired) electrons. The molecule has 1 N–H and O–H groups in total. The van der Waals surface area contributed by atoms with E-state index in [-0.39, 0.29) is 29.3 Å². The lowest BCUT2D eigenvalue weighted by Crippen LogP contribution is -2.47. The molecular formula is C25H31FNO5+. The second-order valence-electron chi connectivity index (χ2n) is 8.98. The predicted octanol–water partition coefficient (Wildman–Crippen LogP) is 3.64.